The molecule has 1 unspecified atom stereocenters. The molecule has 1 aliphatic carbocycles. The fourth-order valence-electron chi connectivity index (χ4n) is 4.92. The van der Waals surface area contributed by atoms with Crippen molar-refractivity contribution in [1.82, 2.24) is 4.98 Å². The first-order valence-corrected chi connectivity index (χ1v) is 12.9. The minimum absolute atomic E-state index is 0.142. The topological polar surface area (TPSA) is 100 Å². The van der Waals surface area contributed by atoms with E-state index in [2.05, 4.69) is 0 Å². The summed E-state index contributed by atoms with van der Waals surface area (Å²) in [5, 5.41) is 9.92. The van der Waals surface area contributed by atoms with Gasteiger partial charge < -0.3 is 28.5 Å². The maximum absolute atomic E-state index is 12.1. The fraction of sp³-hybridized carbons (Fsp3) is 0.448. The highest BCUT2D eigenvalue weighted by molar-refractivity contribution is 5.78. The number of carboxylic acids is 1. The quantitative estimate of drug-likeness (QED) is 0.365. The van der Waals surface area contributed by atoms with Gasteiger partial charge in [-0.1, -0.05) is 31.4 Å². The molecule has 1 aromatic heterocycles. The van der Waals surface area contributed by atoms with E-state index in [9.17, 15) is 9.90 Å². The number of rotatable bonds is 10. The van der Waals surface area contributed by atoms with Crippen LogP contribution in [0.5, 0.6) is 23.0 Å². The molecule has 1 N–H and O–H groups in total. The molecule has 1 atom stereocenters. The van der Waals surface area contributed by atoms with Gasteiger partial charge in [0, 0.05) is 24.8 Å². The average molecular weight is 508 g/mol. The zero-order valence-corrected chi connectivity index (χ0v) is 21.3. The maximum atomic E-state index is 12.1. The van der Waals surface area contributed by atoms with Crippen LogP contribution >= 0.6 is 0 Å². The number of carbonyl (C=O) groups is 1. The molecule has 196 valence electrons. The zero-order valence-electron chi connectivity index (χ0n) is 21.3. The van der Waals surface area contributed by atoms with Crippen LogP contribution < -0.4 is 18.9 Å². The SMILES string of the molecule is Cc1oc(C2CCCCC2)nc1CCOc1ccc(CC(C)(Oc2ccc3c(c2)OCO3)C(=O)O)cc1. The Morgan fingerprint density at radius 3 is 2.54 bits per heavy atom. The molecular weight excluding hydrogens is 474 g/mol. The number of fused-ring (bicyclic) bond motifs is 1. The van der Waals surface area contributed by atoms with Crippen LogP contribution in [-0.4, -0.2) is 35.1 Å². The van der Waals surface area contributed by atoms with Crippen molar-refractivity contribution in [2.45, 2.75) is 70.3 Å². The zero-order chi connectivity index (χ0) is 25.8. The monoisotopic (exact) mass is 507 g/mol. The van der Waals surface area contributed by atoms with E-state index in [4.69, 9.17) is 28.3 Å². The van der Waals surface area contributed by atoms with Crippen molar-refractivity contribution in [2.75, 3.05) is 13.4 Å². The molecule has 37 heavy (non-hydrogen) atoms. The highest BCUT2D eigenvalue weighted by Crippen LogP contribution is 2.37. The third kappa shape index (κ3) is 5.84. The highest BCUT2D eigenvalue weighted by atomic mass is 16.7. The van der Waals surface area contributed by atoms with Crippen molar-refractivity contribution in [3.05, 3.63) is 65.4 Å². The van der Waals surface area contributed by atoms with Gasteiger partial charge in [-0.2, -0.15) is 0 Å². The van der Waals surface area contributed by atoms with Crippen LogP contribution in [0.15, 0.2) is 46.9 Å². The molecule has 0 amide bonds. The molecule has 2 aliphatic rings. The van der Waals surface area contributed by atoms with Gasteiger partial charge in [0.1, 0.15) is 17.3 Å². The Morgan fingerprint density at radius 1 is 1.05 bits per heavy atom. The summed E-state index contributed by atoms with van der Waals surface area (Å²) in [6.07, 6.45) is 6.96. The number of hydrogen-bond acceptors (Lipinski definition) is 7. The maximum Gasteiger partial charge on any atom is 0.348 e. The van der Waals surface area contributed by atoms with Crippen LogP contribution in [0.4, 0.5) is 0 Å². The van der Waals surface area contributed by atoms with Gasteiger partial charge in [-0.15, -0.1) is 0 Å². The predicted octanol–water partition coefficient (Wildman–Crippen LogP) is 5.85. The van der Waals surface area contributed by atoms with Crippen LogP contribution in [0.25, 0.3) is 0 Å². The molecule has 0 spiro atoms. The van der Waals surface area contributed by atoms with Crippen LogP contribution in [0, 0.1) is 6.92 Å². The third-order valence-electron chi connectivity index (χ3n) is 7.08. The number of ether oxygens (including phenoxy) is 4. The first-order chi connectivity index (χ1) is 17.9. The molecule has 2 heterocycles. The summed E-state index contributed by atoms with van der Waals surface area (Å²) >= 11 is 0. The van der Waals surface area contributed by atoms with E-state index >= 15 is 0 Å². The van der Waals surface area contributed by atoms with Crippen molar-refractivity contribution < 1.29 is 33.3 Å². The van der Waals surface area contributed by atoms with E-state index in [0.717, 1.165) is 35.7 Å². The first-order valence-electron chi connectivity index (χ1n) is 12.9. The van der Waals surface area contributed by atoms with Crippen molar-refractivity contribution in [3.8, 4) is 23.0 Å². The molecule has 0 saturated heterocycles. The lowest BCUT2D eigenvalue weighted by Gasteiger charge is -2.26. The Bertz CT molecular complexity index is 1230. The van der Waals surface area contributed by atoms with E-state index in [1.807, 2.05) is 31.2 Å². The lowest BCUT2D eigenvalue weighted by atomic mass is 9.89. The van der Waals surface area contributed by atoms with Crippen LogP contribution in [-0.2, 0) is 17.6 Å². The van der Waals surface area contributed by atoms with Gasteiger partial charge in [-0.25, -0.2) is 9.78 Å². The normalized spacial score (nSPS) is 16.8. The molecule has 1 aliphatic heterocycles. The summed E-state index contributed by atoms with van der Waals surface area (Å²) < 4.78 is 28.5. The molecule has 1 saturated carbocycles. The highest BCUT2D eigenvalue weighted by Gasteiger charge is 2.36. The van der Waals surface area contributed by atoms with Gasteiger partial charge >= 0.3 is 5.97 Å². The Labute approximate surface area is 216 Å². The molecule has 0 radical (unpaired) electrons. The second kappa shape index (κ2) is 10.7. The minimum atomic E-state index is -1.46. The first kappa shape index (κ1) is 25.0. The number of benzene rings is 2. The summed E-state index contributed by atoms with van der Waals surface area (Å²) in [6.45, 7) is 4.15. The summed E-state index contributed by atoms with van der Waals surface area (Å²) in [7, 11) is 0. The van der Waals surface area contributed by atoms with E-state index in [1.165, 1.54) is 19.3 Å². The van der Waals surface area contributed by atoms with Crippen LogP contribution in [0.3, 0.4) is 0 Å². The minimum Gasteiger partial charge on any atom is -0.493 e. The van der Waals surface area contributed by atoms with Crippen molar-refractivity contribution >= 4 is 5.97 Å². The van der Waals surface area contributed by atoms with Crippen molar-refractivity contribution in [3.63, 3.8) is 0 Å². The largest absolute Gasteiger partial charge is 0.493 e. The second-order valence-electron chi connectivity index (χ2n) is 9.96. The number of aliphatic carboxylic acids is 1. The van der Waals surface area contributed by atoms with Crippen LogP contribution in [0.1, 0.15) is 67.9 Å². The van der Waals surface area contributed by atoms with Gasteiger partial charge in [0.15, 0.2) is 17.4 Å². The van der Waals surface area contributed by atoms with Gasteiger partial charge in [0.25, 0.3) is 0 Å². The Balaban J connectivity index is 1.16. The number of nitrogens with zero attached hydrogens (tertiary/aromatic N) is 1. The smallest absolute Gasteiger partial charge is 0.348 e. The van der Waals surface area contributed by atoms with E-state index < -0.39 is 11.6 Å². The molecular formula is C29H33NO7. The number of carboxylic acid groups (broad SMARTS) is 1. The number of oxazole rings is 1. The Morgan fingerprint density at radius 2 is 1.78 bits per heavy atom. The number of hydrogen-bond donors (Lipinski definition) is 1. The van der Waals surface area contributed by atoms with Gasteiger partial charge in [0.2, 0.25) is 12.4 Å². The van der Waals surface area contributed by atoms with Crippen molar-refractivity contribution in [2.24, 2.45) is 0 Å². The lowest BCUT2D eigenvalue weighted by molar-refractivity contribution is -0.153. The molecule has 5 rings (SSSR count). The molecule has 1 fully saturated rings. The van der Waals surface area contributed by atoms with E-state index in [1.54, 1.807) is 25.1 Å². The Kier molecular flexibility index (Phi) is 7.26. The van der Waals surface area contributed by atoms with E-state index in [0.29, 0.717) is 41.9 Å². The molecule has 3 aromatic rings. The molecule has 8 nitrogen and oxygen atoms in total. The summed E-state index contributed by atoms with van der Waals surface area (Å²) in [4.78, 5) is 16.9. The predicted molar refractivity (Wildman–Crippen MR) is 136 cm³/mol. The summed E-state index contributed by atoms with van der Waals surface area (Å²) in [5.41, 5.74) is 0.314. The van der Waals surface area contributed by atoms with Crippen LogP contribution in [0.2, 0.25) is 0 Å². The summed E-state index contributed by atoms with van der Waals surface area (Å²) in [5.74, 6) is 3.41. The van der Waals surface area contributed by atoms with Crippen molar-refractivity contribution in [1.29, 1.82) is 0 Å². The average Bonchev–Trinajstić information content (AvgIpc) is 3.51. The van der Waals surface area contributed by atoms with Gasteiger partial charge in [-0.3, -0.25) is 0 Å². The Hall–Kier alpha value is -3.68. The number of aromatic nitrogens is 1. The van der Waals surface area contributed by atoms with Gasteiger partial charge in [0.05, 0.1) is 12.3 Å². The van der Waals surface area contributed by atoms with Gasteiger partial charge in [-0.05, 0) is 56.5 Å². The number of aryl methyl sites for hydroxylation is 1. The third-order valence-corrected chi connectivity index (χ3v) is 7.08. The standard InChI is InChI=1S/C29H33NO7/c1-19-24(30-27(36-19)21-6-4-3-5-7-21)14-15-33-22-10-8-20(9-11-22)17-29(2,28(31)32)37-23-12-13-25-26(16-23)35-18-34-25/h8-13,16,21H,3-7,14-15,17-18H2,1-2H3,(H,31,32). The fourth-order valence-corrected chi connectivity index (χ4v) is 4.92. The molecule has 8 heteroatoms. The molecule has 0 bridgehead atoms. The van der Waals surface area contributed by atoms with E-state index in [-0.39, 0.29) is 13.2 Å². The lowest BCUT2D eigenvalue weighted by Crippen LogP contribution is -2.43. The summed E-state index contributed by atoms with van der Waals surface area (Å²) in [6, 6.07) is 12.5. The second-order valence-corrected chi connectivity index (χ2v) is 9.96. The molecule has 2 aromatic carbocycles.